The van der Waals surface area contributed by atoms with E-state index >= 15 is 0 Å². The zero-order chi connectivity index (χ0) is 25.6. The summed E-state index contributed by atoms with van der Waals surface area (Å²) in [5.41, 5.74) is 3.79. The van der Waals surface area contributed by atoms with Crippen LogP contribution in [0.25, 0.3) is 5.57 Å². The van der Waals surface area contributed by atoms with Gasteiger partial charge >= 0.3 is 0 Å². The fourth-order valence-electron chi connectivity index (χ4n) is 5.58. The van der Waals surface area contributed by atoms with Gasteiger partial charge in [-0.25, -0.2) is 9.97 Å². The number of ether oxygens (including phenoxy) is 1. The number of rotatable bonds is 7. The molecule has 1 amide bonds. The van der Waals surface area contributed by atoms with Crippen molar-refractivity contribution in [2.45, 2.75) is 45.4 Å². The summed E-state index contributed by atoms with van der Waals surface area (Å²) in [4.78, 5) is 28.6. The van der Waals surface area contributed by atoms with Crippen LogP contribution < -0.4 is 9.64 Å². The first kappa shape index (κ1) is 25.7. The van der Waals surface area contributed by atoms with E-state index in [1.807, 2.05) is 12.4 Å². The third-order valence-electron chi connectivity index (χ3n) is 8.28. The second kappa shape index (κ2) is 12.1. The topological polar surface area (TPSA) is 61.8 Å². The molecular weight excluding hydrogens is 462 g/mol. The van der Waals surface area contributed by atoms with Gasteiger partial charge in [0.25, 0.3) is 0 Å². The van der Waals surface area contributed by atoms with Crippen LogP contribution in [0.4, 0.5) is 5.95 Å². The molecule has 1 atom stereocenters. The highest BCUT2D eigenvalue weighted by molar-refractivity contribution is 5.81. The number of allylic oxidation sites excluding steroid dienone is 2. The number of anilines is 1. The second-order valence-corrected chi connectivity index (χ2v) is 10.8. The molecular formula is C30H41N5O2. The Balaban J connectivity index is 1.06. The maximum Gasteiger partial charge on any atom is 0.226 e. The lowest BCUT2D eigenvalue weighted by Gasteiger charge is -2.35. The lowest BCUT2D eigenvalue weighted by Crippen LogP contribution is -2.49. The number of aromatic nitrogens is 2. The van der Waals surface area contributed by atoms with Crippen molar-refractivity contribution in [1.82, 2.24) is 19.8 Å². The molecule has 3 aliphatic rings. The van der Waals surface area contributed by atoms with Gasteiger partial charge in [-0.1, -0.05) is 25.1 Å². The average molecular weight is 504 g/mol. The minimum atomic E-state index is 0.142. The molecule has 5 rings (SSSR count). The van der Waals surface area contributed by atoms with E-state index in [2.05, 4.69) is 69.0 Å². The van der Waals surface area contributed by atoms with Gasteiger partial charge in [-0.05, 0) is 80.3 Å². The molecule has 1 aliphatic carbocycles. The number of hydrogen-bond donors (Lipinski definition) is 0. The molecule has 7 heteroatoms. The van der Waals surface area contributed by atoms with Crippen LogP contribution in [-0.2, 0) is 11.2 Å². The number of piperazine rings is 1. The lowest BCUT2D eigenvalue weighted by molar-refractivity contribution is -0.137. The maximum atomic E-state index is 12.9. The molecule has 2 fully saturated rings. The Labute approximate surface area is 221 Å². The van der Waals surface area contributed by atoms with Gasteiger partial charge in [0.2, 0.25) is 11.9 Å². The van der Waals surface area contributed by atoms with Crippen molar-refractivity contribution >= 4 is 17.4 Å². The summed E-state index contributed by atoms with van der Waals surface area (Å²) < 4.78 is 6.16. The molecule has 1 aromatic carbocycles. The van der Waals surface area contributed by atoms with E-state index in [0.717, 1.165) is 96.1 Å². The van der Waals surface area contributed by atoms with Crippen molar-refractivity contribution in [3.63, 3.8) is 0 Å². The SMILES string of the molecule is CCc1cnc(N2CCC(COc3ccc(C4=CCC(C(=O)N5CCN(C)CC5)CC4)cc3)CC2)nc1. The van der Waals surface area contributed by atoms with Crippen molar-refractivity contribution in [3.05, 3.63) is 53.9 Å². The molecule has 2 aromatic rings. The predicted octanol–water partition coefficient (Wildman–Crippen LogP) is 4.29. The van der Waals surface area contributed by atoms with Crippen LogP contribution in [0.3, 0.4) is 0 Å². The van der Waals surface area contributed by atoms with Gasteiger partial charge in [-0.15, -0.1) is 0 Å². The van der Waals surface area contributed by atoms with Crippen LogP contribution in [0.15, 0.2) is 42.7 Å². The van der Waals surface area contributed by atoms with E-state index in [9.17, 15) is 4.79 Å². The summed E-state index contributed by atoms with van der Waals surface area (Å²) in [5, 5.41) is 0. The summed E-state index contributed by atoms with van der Waals surface area (Å²) in [6.07, 6.45) is 12.1. The van der Waals surface area contributed by atoms with Gasteiger partial charge in [0.15, 0.2) is 0 Å². The number of likely N-dealkylation sites (N-methyl/N-ethyl adjacent to an activating group) is 1. The first-order valence-corrected chi connectivity index (χ1v) is 14.0. The Bertz CT molecular complexity index is 1050. The summed E-state index contributed by atoms with van der Waals surface area (Å²) in [6.45, 7) is 8.52. The number of amides is 1. The van der Waals surface area contributed by atoms with E-state index in [4.69, 9.17) is 4.74 Å². The van der Waals surface area contributed by atoms with Crippen LogP contribution in [0.2, 0.25) is 0 Å². The highest BCUT2D eigenvalue weighted by Crippen LogP contribution is 2.32. The summed E-state index contributed by atoms with van der Waals surface area (Å²) in [5.74, 6) is 2.83. The lowest BCUT2D eigenvalue weighted by atomic mass is 9.85. The first-order valence-electron chi connectivity index (χ1n) is 14.0. The van der Waals surface area contributed by atoms with Gasteiger partial charge in [-0.2, -0.15) is 0 Å². The fourth-order valence-corrected chi connectivity index (χ4v) is 5.58. The Hall–Kier alpha value is -2.93. The molecule has 2 aliphatic heterocycles. The molecule has 1 unspecified atom stereocenters. The molecule has 7 nitrogen and oxygen atoms in total. The minimum Gasteiger partial charge on any atom is -0.493 e. The largest absolute Gasteiger partial charge is 0.493 e. The molecule has 0 spiro atoms. The van der Waals surface area contributed by atoms with E-state index in [-0.39, 0.29) is 5.92 Å². The molecule has 2 saturated heterocycles. The van der Waals surface area contributed by atoms with Crippen LogP contribution in [0.5, 0.6) is 5.75 Å². The third-order valence-corrected chi connectivity index (χ3v) is 8.28. The summed E-state index contributed by atoms with van der Waals surface area (Å²) >= 11 is 0. The van der Waals surface area contributed by atoms with Gasteiger partial charge < -0.3 is 19.4 Å². The average Bonchev–Trinajstić information content (AvgIpc) is 2.97. The van der Waals surface area contributed by atoms with Crippen molar-refractivity contribution in [2.75, 3.05) is 57.8 Å². The van der Waals surface area contributed by atoms with Crippen molar-refractivity contribution in [1.29, 1.82) is 0 Å². The van der Waals surface area contributed by atoms with Crippen molar-refractivity contribution in [3.8, 4) is 5.75 Å². The number of carbonyl (C=O) groups excluding carboxylic acids is 1. The highest BCUT2D eigenvalue weighted by Gasteiger charge is 2.28. The van der Waals surface area contributed by atoms with Crippen LogP contribution in [0.1, 0.15) is 50.2 Å². The van der Waals surface area contributed by atoms with E-state index in [1.54, 1.807) is 0 Å². The van der Waals surface area contributed by atoms with Crippen LogP contribution in [0, 0.1) is 11.8 Å². The molecule has 3 heterocycles. The number of benzene rings is 1. The third kappa shape index (κ3) is 6.50. The summed E-state index contributed by atoms with van der Waals surface area (Å²) in [7, 11) is 2.13. The normalized spacial score (nSPS) is 21.6. The van der Waals surface area contributed by atoms with Crippen LogP contribution >= 0.6 is 0 Å². The Morgan fingerprint density at radius 2 is 1.68 bits per heavy atom. The predicted molar refractivity (Wildman–Crippen MR) is 148 cm³/mol. The van der Waals surface area contributed by atoms with Gasteiger partial charge in [0.1, 0.15) is 5.75 Å². The second-order valence-electron chi connectivity index (χ2n) is 10.8. The molecule has 1 aromatic heterocycles. The first-order chi connectivity index (χ1) is 18.1. The smallest absolute Gasteiger partial charge is 0.226 e. The Kier molecular flexibility index (Phi) is 8.39. The standard InChI is InChI=1S/C30H41N5O2/c1-3-23-20-31-30(32-21-23)35-14-12-24(13-15-35)22-37-28-10-8-26(9-11-28)25-4-6-27(7-5-25)29(36)34-18-16-33(2)17-19-34/h4,8-11,20-21,24,27H,3,5-7,12-19,22H2,1-2H3. The minimum absolute atomic E-state index is 0.142. The Morgan fingerprint density at radius 3 is 2.30 bits per heavy atom. The van der Waals surface area contributed by atoms with Gasteiger partial charge in [0, 0.05) is 57.6 Å². The number of piperidine rings is 1. The van der Waals surface area contributed by atoms with E-state index < -0.39 is 0 Å². The molecule has 0 radical (unpaired) electrons. The maximum absolute atomic E-state index is 12.9. The summed E-state index contributed by atoms with van der Waals surface area (Å²) in [6, 6.07) is 8.53. The number of nitrogens with zero attached hydrogens (tertiary/aromatic N) is 5. The number of aryl methyl sites for hydroxylation is 1. The zero-order valence-corrected chi connectivity index (χ0v) is 22.4. The number of hydrogen-bond acceptors (Lipinski definition) is 6. The molecule has 0 bridgehead atoms. The van der Waals surface area contributed by atoms with Gasteiger partial charge in [0.05, 0.1) is 6.61 Å². The zero-order valence-electron chi connectivity index (χ0n) is 22.4. The molecule has 0 N–H and O–H groups in total. The molecule has 198 valence electrons. The van der Waals surface area contributed by atoms with Crippen LogP contribution in [-0.4, -0.2) is 78.6 Å². The monoisotopic (exact) mass is 503 g/mol. The molecule has 37 heavy (non-hydrogen) atoms. The Morgan fingerprint density at radius 1 is 0.973 bits per heavy atom. The highest BCUT2D eigenvalue weighted by atomic mass is 16.5. The van der Waals surface area contributed by atoms with Crippen molar-refractivity contribution in [2.24, 2.45) is 11.8 Å². The number of carbonyl (C=O) groups is 1. The van der Waals surface area contributed by atoms with E-state index in [1.165, 1.54) is 16.7 Å². The van der Waals surface area contributed by atoms with Crippen molar-refractivity contribution < 1.29 is 9.53 Å². The molecule has 0 saturated carbocycles. The quantitative estimate of drug-likeness (QED) is 0.562. The van der Waals surface area contributed by atoms with E-state index in [0.29, 0.717) is 11.8 Å². The van der Waals surface area contributed by atoms with Gasteiger partial charge in [-0.3, -0.25) is 4.79 Å². The fraction of sp³-hybridized carbons (Fsp3) is 0.567.